The molecule has 0 bridgehead atoms. The van der Waals surface area contributed by atoms with E-state index in [1.54, 1.807) is 6.07 Å². The van der Waals surface area contributed by atoms with E-state index in [0.717, 1.165) is 0 Å². The molecule has 0 N–H and O–H groups in total. The summed E-state index contributed by atoms with van der Waals surface area (Å²) >= 11 is 11.0. The van der Waals surface area contributed by atoms with Crippen LogP contribution >= 0.6 is 23.2 Å². The third-order valence-corrected chi connectivity index (χ3v) is 1.37. The van der Waals surface area contributed by atoms with E-state index in [9.17, 15) is 0 Å². The molecule has 1 rings (SSSR count). The Morgan fingerprint density at radius 2 is 2.25 bits per heavy atom. The fourth-order valence-corrected chi connectivity index (χ4v) is 0.534. The van der Waals surface area contributed by atoms with Crippen LogP contribution < -0.4 is 0 Å². The lowest BCUT2D eigenvalue weighted by atomic mass is 10.5. The Bertz CT molecular complexity index is 167. The molecule has 0 aliphatic rings. The first kappa shape index (κ1) is 5.86. The molecular weight excluding hydrogens is 145 g/mol. The molecule has 1 radical (unpaired) electrons. The van der Waals surface area contributed by atoms with Gasteiger partial charge in [0.15, 0.2) is 0 Å². The SMILES string of the molecule is Clc1[c]nccc1Cl. The van der Waals surface area contributed by atoms with E-state index >= 15 is 0 Å². The van der Waals surface area contributed by atoms with Crippen molar-refractivity contribution in [2.75, 3.05) is 0 Å². The average molecular weight is 147 g/mol. The van der Waals surface area contributed by atoms with Crippen LogP contribution in [0.4, 0.5) is 0 Å². The summed E-state index contributed by atoms with van der Waals surface area (Å²) in [6.45, 7) is 0. The second-order valence-electron chi connectivity index (χ2n) is 1.22. The molecule has 1 heterocycles. The van der Waals surface area contributed by atoms with Crippen molar-refractivity contribution in [3.63, 3.8) is 0 Å². The lowest BCUT2D eigenvalue weighted by molar-refractivity contribution is 1.31. The average Bonchev–Trinajstić information content (AvgIpc) is 1.77. The molecule has 0 saturated carbocycles. The van der Waals surface area contributed by atoms with E-state index in [1.807, 2.05) is 0 Å². The van der Waals surface area contributed by atoms with Crippen LogP contribution in [-0.4, -0.2) is 4.98 Å². The lowest BCUT2D eigenvalue weighted by Gasteiger charge is -1.86. The molecule has 1 aromatic heterocycles. The summed E-state index contributed by atoms with van der Waals surface area (Å²) in [5.74, 6) is 0. The van der Waals surface area contributed by atoms with Gasteiger partial charge < -0.3 is 0 Å². The fourth-order valence-electron chi connectivity index (χ4n) is 0.323. The zero-order chi connectivity index (χ0) is 5.98. The quantitative estimate of drug-likeness (QED) is 0.548. The molecule has 1 nitrogen and oxygen atoms in total. The van der Waals surface area contributed by atoms with Gasteiger partial charge in [-0.05, 0) is 6.07 Å². The second kappa shape index (κ2) is 2.33. The number of aromatic nitrogens is 1. The summed E-state index contributed by atoms with van der Waals surface area (Å²) in [5.41, 5.74) is 0. The zero-order valence-electron chi connectivity index (χ0n) is 3.86. The van der Waals surface area contributed by atoms with E-state index in [4.69, 9.17) is 23.2 Å². The summed E-state index contributed by atoms with van der Waals surface area (Å²) in [5, 5.41) is 0.857. The van der Waals surface area contributed by atoms with Gasteiger partial charge in [-0.2, -0.15) is 0 Å². The maximum atomic E-state index is 5.51. The molecule has 41 valence electrons. The van der Waals surface area contributed by atoms with Crippen LogP contribution in [0.3, 0.4) is 0 Å². The minimum atomic E-state index is 0.370. The molecule has 0 fully saturated rings. The van der Waals surface area contributed by atoms with Crippen LogP contribution in [0.5, 0.6) is 0 Å². The maximum absolute atomic E-state index is 5.51. The highest BCUT2D eigenvalue weighted by atomic mass is 35.5. The van der Waals surface area contributed by atoms with Crippen molar-refractivity contribution in [2.45, 2.75) is 0 Å². The van der Waals surface area contributed by atoms with Gasteiger partial charge in [0.2, 0.25) is 0 Å². The zero-order valence-corrected chi connectivity index (χ0v) is 5.37. The van der Waals surface area contributed by atoms with Gasteiger partial charge in [-0.25, -0.2) is 0 Å². The third-order valence-electron chi connectivity index (χ3n) is 0.668. The van der Waals surface area contributed by atoms with Gasteiger partial charge in [0.25, 0.3) is 0 Å². The highest BCUT2D eigenvalue weighted by molar-refractivity contribution is 6.41. The van der Waals surface area contributed by atoms with Crippen LogP contribution in [-0.2, 0) is 0 Å². The normalized spacial score (nSPS) is 9.25. The smallest absolute Gasteiger partial charge is 0.110 e. The van der Waals surface area contributed by atoms with Gasteiger partial charge in [0, 0.05) is 6.20 Å². The fraction of sp³-hybridized carbons (Fsp3) is 0. The first-order chi connectivity index (χ1) is 3.80. The van der Waals surface area contributed by atoms with E-state index < -0.39 is 0 Å². The van der Waals surface area contributed by atoms with Crippen molar-refractivity contribution in [2.24, 2.45) is 0 Å². The second-order valence-corrected chi connectivity index (χ2v) is 2.00. The molecule has 0 spiro atoms. The van der Waals surface area contributed by atoms with Crippen molar-refractivity contribution in [3.05, 3.63) is 28.5 Å². The minimum Gasteiger partial charge on any atom is -0.253 e. The predicted octanol–water partition coefficient (Wildman–Crippen LogP) is 2.19. The Kier molecular flexibility index (Phi) is 1.71. The van der Waals surface area contributed by atoms with E-state index in [0.29, 0.717) is 10.0 Å². The topological polar surface area (TPSA) is 12.9 Å². The molecule has 0 aliphatic heterocycles. The summed E-state index contributed by atoms with van der Waals surface area (Å²) in [6.07, 6.45) is 4.02. The Morgan fingerprint density at radius 3 is 2.62 bits per heavy atom. The summed E-state index contributed by atoms with van der Waals surface area (Å²) in [6, 6.07) is 1.61. The van der Waals surface area contributed by atoms with Crippen molar-refractivity contribution < 1.29 is 0 Å². The highest BCUT2D eigenvalue weighted by Gasteiger charge is 1.91. The molecular formula is C5H2Cl2N. The van der Waals surface area contributed by atoms with E-state index in [-0.39, 0.29) is 0 Å². The van der Waals surface area contributed by atoms with Gasteiger partial charge in [0.05, 0.1) is 10.0 Å². The standard InChI is InChI=1S/C5H2Cl2N/c6-4-1-2-8-3-5(4)7/h1-2H. The third kappa shape index (κ3) is 1.11. The predicted molar refractivity (Wildman–Crippen MR) is 33.1 cm³/mol. The minimum absolute atomic E-state index is 0.370. The first-order valence-electron chi connectivity index (χ1n) is 1.98. The molecule has 0 unspecified atom stereocenters. The summed E-state index contributed by atoms with van der Waals surface area (Å²) < 4.78 is 0. The Labute approximate surface area is 57.3 Å². The monoisotopic (exact) mass is 146 g/mol. The van der Waals surface area contributed by atoms with Crippen LogP contribution in [0.2, 0.25) is 10.0 Å². The number of hydrogen-bond donors (Lipinski definition) is 0. The lowest BCUT2D eigenvalue weighted by Crippen LogP contribution is -1.70. The largest absolute Gasteiger partial charge is 0.253 e. The van der Waals surface area contributed by atoms with Gasteiger partial charge >= 0.3 is 0 Å². The molecule has 8 heavy (non-hydrogen) atoms. The number of hydrogen-bond acceptors (Lipinski definition) is 1. The first-order valence-corrected chi connectivity index (χ1v) is 2.74. The highest BCUT2D eigenvalue weighted by Crippen LogP contribution is 2.17. The van der Waals surface area contributed by atoms with Gasteiger partial charge in [-0.15, -0.1) is 0 Å². The molecule has 0 aromatic carbocycles. The Morgan fingerprint density at radius 1 is 1.50 bits per heavy atom. The molecule has 0 atom stereocenters. The molecule has 0 amide bonds. The molecule has 3 heteroatoms. The van der Waals surface area contributed by atoms with Crippen LogP contribution in [0.1, 0.15) is 0 Å². The van der Waals surface area contributed by atoms with E-state index in [2.05, 4.69) is 11.2 Å². The number of pyridine rings is 1. The maximum Gasteiger partial charge on any atom is 0.110 e. The molecule has 1 aromatic rings. The van der Waals surface area contributed by atoms with Gasteiger partial charge in [-0.1, -0.05) is 23.2 Å². The molecule has 0 saturated heterocycles. The number of nitrogens with zero attached hydrogens (tertiary/aromatic N) is 1. The molecule has 0 aliphatic carbocycles. The van der Waals surface area contributed by atoms with Crippen LogP contribution in [0.15, 0.2) is 12.3 Å². The van der Waals surface area contributed by atoms with Crippen molar-refractivity contribution in [3.8, 4) is 0 Å². The summed E-state index contributed by atoms with van der Waals surface area (Å²) in [7, 11) is 0. The van der Waals surface area contributed by atoms with Crippen molar-refractivity contribution >= 4 is 23.2 Å². The Balaban J connectivity index is 3.13. The van der Waals surface area contributed by atoms with Crippen molar-refractivity contribution in [1.82, 2.24) is 4.98 Å². The number of rotatable bonds is 0. The van der Waals surface area contributed by atoms with Crippen molar-refractivity contribution in [1.29, 1.82) is 0 Å². The van der Waals surface area contributed by atoms with Crippen LogP contribution in [0, 0.1) is 6.20 Å². The summed E-state index contributed by atoms with van der Waals surface area (Å²) in [4.78, 5) is 3.60. The van der Waals surface area contributed by atoms with Gasteiger partial charge in [-0.3, -0.25) is 4.98 Å². The van der Waals surface area contributed by atoms with Crippen LogP contribution in [0.25, 0.3) is 0 Å². The number of halogens is 2. The Hall–Kier alpha value is -0.270. The van der Waals surface area contributed by atoms with Gasteiger partial charge in [0.1, 0.15) is 6.20 Å². The van der Waals surface area contributed by atoms with E-state index in [1.165, 1.54) is 6.20 Å².